The van der Waals surface area contributed by atoms with Crippen LogP contribution >= 0.6 is 0 Å². The number of rotatable bonds is 5. The molecule has 244 valence electrons. The molecule has 0 saturated carbocycles. The van der Waals surface area contributed by atoms with Gasteiger partial charge in [-0.15, -0.1) is 0 Å². The molecule has 0 bridgehead atoms. The zero-order valence-electron chi connectivity index (χ0n) is 26.8. The van der Waals surface area contributed by atoms with Crippen LogP contribution in [0.25, 0.3) is 28.0 Å². The summed E-state index contributed by atoms with van der Waals surface area (Å²) in [6.07, 6.45) is 2.56. The number of aromatic nitrogens is 4. The zero-order chi connectivity index (χ0) is 34.1. The van der Waals surface area contributed by atoms with Gasteiger partial charge in [0.25, 0.3) is 11.5 Å². The standard InChI is InChI=1S/C33H34F2N8O4/c1-8-23(45)41-14-21-32(46)40(7)29-27(42(21)13-17(41)4)18-12-20(35)26(24-19(34)10-9-11-22(24)44)38-30(18)43(33(29)47)28-25(16(2)3)36-15-37-31(28)39(5)6/h8-12,15-17,21,44H,1,13-14H2,2-7H3/t17-,21?/m1/s1. The smallest absolute Gasteiger partial charge is 0.283 e. The number of amides is 2. The van der Waals surface area contributed by atoms with E-state index in [-0.39, 0.29) is 53.0 Å². The Labute approximate surface area is 269 Å². The van der Waals surface area contributed by atoms with Crippen LogP contribution < -0.4 is 20.3 Å². The number of aromatic hydroxyl groups is 1. The second kappa shape index (κ2) is 11.4. The molecule has 2 aliphatic rings. The van der Waals surface area contributed by atoms with E-state index in [0.29, 0.717) is 11.5 Å². The zero-order valence-corrected chi connectivity index (χ0v) is 26.8. The Morgan fingerprint density at radius 2 is 1.83 bits per heavy atom. The maximum Gasteiger partial charge on any atom is 0.283 e. The van der Waals surface area contributed by atoms with Gasteiger partial charge in [0.05, 0.1) is 23.5 Å². The fourth-order valence-corrected chi connectivity index (χ4v) is 6.52. The molecule has 0 aliphatic carbocycles. The van der Waals surface area contributed by atoms with Crippen molar-refractivity contribution in [2.75, 3.05) is 48.9 Å². The van der Waals surface area contributed by atoms with E-state index in [2.05, 4.69) is 21.5 Å². The molecule has 1 unspecified atom stereocenters. The highest BCUT2D eigenvalue weighted by Gasteiger charge is 2.46. The molecule has 0 radical (unpaired) electrons. The molecule has 47 heavy (non-hydrogen) atoms. The number of carbonyl (C=O) groups excluding carboxylic acids is 2. The van der Waals surface area contributed by atoms with Gasteiger partial charge in [0.15, 0.2) is 17.3 Å². The summed E-state index contributed by atoms with van der Waals surface area (Å²) in [5.74, 6) is -3.06. The lowest BCUT2D eigenvalue weighted by molar-refractivity contribution is -0.130. The van der Waals surface area contributed by atoms with Crippen molar-refractivity contribution >= 4 is 40.0 Å². The molecule has 2 atom stereocenters. The van der Waals surface area contributed by atoms with E-state index in [0.717, 1.165) is 12.1 Å². The van der Waals surface area contributed by atoms with Crippen molar-refractivity contribution in [2.24, 2.45) is 0 Å². The number of hydrogen-bond donors (Lipinski definition) is 1. The third-order valence-corrected chi connectivity index (χ3v) is 8.74. The summed E-state index contributed by atoms with van der Waals surface area (Å²) in [6, 6.07) is 3.41. The third-order valence-electron chi connectivity index (χ3n) is 8.74. The van der Waals surface area contributed by atoms with Crippen molar-refractivity contribution in [3.8, 4) is 22.7 Å². The van der Waals surface area contributed by atoms with Crippen LogP contribution in [-0.2, 0) is 9.59 Å². The Kier molecular flexibility index (Phi) is 7.69. The van der Waals surface area contributed by atoms with Crippen LogP contribution in [-0.4, -0.2) is 87.7 Å². The summed E-state index contributed by atoms with van der Waals surface area (Å²) in [5, 5.41) is 10.8. The van der Waals surface area contributed by atoms with Gasteiger partial charge in [-0.05, 0) is 37.1 Å². The number of piperazine rings is 1. The van der Waals surface area contributed by atoms with E-state index in [9.17, 15) is 19.5 Å². The van der Waals surface area contributed by atoms with E-state index in [1.54, 1.807) is 30.8 Å². The minimum absolute atomic E-state index is 0.00506. The molecule has 1 aromatic carbocycles. The first-order valence-corrected chi connectivity index (χ1v) is 15.0. The number of phenols is 1. The molecule has 1 fully saturated rings. The first kappa shape index (κ1) is 31.6. The largest absolute Gasteiger partial charge is 0.507 e. The summed E-state index contributed by atoms with van der Waals surface area (Å²) < 4.78 is 32.7. The highest BCUT2D eigenvalue weighted by Crippen LogP contribution is 2.44. The van der Waals surface area contributed by atoms with Gasteiger partial charge in [-0.1, -0.05) is 26.5 Å². The van der Waals surface area contributed by atoms with Crippen molar-refractivity contribution in [1.29, 1.82) is 0 Å². The lowest BCUT2D eigenvalue weighted by atomic mass is 9.98. The minimum atomic E-state index is -0.962. The number of phenolic OH excluding ortho intramolecular Hbond substituents is 1. The SMILES string of the molecule is C=CC(=O)N1CC2C(=O)N(C)c3c(c4cc(F)c(-c5c(O)cccc5F)nc4n(-c4c(C(C)C)ncnc4N(C)C)c3=O)N2C[C@H]1C. The Hall–Kier alpha value is -5.40. The summed E-state index contributed by atoms with van der Waals surface area (Å²) in [4.78, 5) is 61.2. The van der Waals surface area contributed by atoms with Crippen LogP contribution in [0.5, 0.6) is 5.75 Å². The van der Waals surface area contributed by atoms with E-state index >= 15 is 8.78 Å². The fourth-order valence-electron chi connectivity index (χ4n) is 6.52. The summed E-state index contributed by atoms with van der Waals surface area (Å²) >= 11 is 0. The molecule has 5 heterocycles. The monoisotopic (exact) mass is 644 g/mol. The second-order valence-electron chi connectivity index (χ2n) is 12.3. The number of anilines is 3. The molecule has 1 N–H and O–H groups in total. The van der Waals surface area contributed by atoms with Gasteiger partial charge in [0.2, 0.25) is 5.91 Å². The predicted octanol–water partition coefficient (Wildman–Crippen LogP) is 3.58. The molecule has 14 heteroatoms. The molecule has 12 nitrogen and oxygen atoms in total. The lowest BCUT2D eigenvalue weighted by Gasteiger charge is -2.49. The first-order chi connectivity index (χ1) is 22.3. The van der Waals surface area contributed by atoms with Crippen molar-refractivity contribution in [2.45, 2.75) is 38.8 Å². The van der Waals surface area contributed by atoms with Crippen LogP contribution in [0.1, 0.15) is 32.4 Å². The van der Waals surface area contributed by atoms with Gasteiger partial charge < -0.3 is 24.7 Å². The van der Waals surface area contributed by atoms with E-state index < -0.39 is 52.2 Å². The number of nitrogens with zero attached hydrogens (tertiary/aromatic N) is 8. The molecule has 1 saturated heterocycles. The summed E-state index contributed by atoms with van der Waals surface area (Å²) in [7, 11) is 4.94. The fraction of sp³-hybridized carbons (Fsp3) is 0.333. The Balaban J connectivity index is 1.78. The number of benzene rings is 1. The van der Waals surface area contributed by atoms with Crippen molar-refractivity contribution in [3.63, 3.8) is 0 Å². The molecule has 2 amide bonds. The Bertz CT molecular complexity index is 2000. The number of carbonyl (C=O) groups is 2. The highest BCUT2D eigenvalue weighted by atomic mass is 19.1. The van der Waals surface area contributed by atoms with Gasteiger partial charge in [-0.3, -0.25) is 19.0 Å². The van der Waals surface area contributed by atoms with Gasteiger partial charge in [0.1, 0.15) is 41.0 Å². The number of pyridine rings is 2. The van der Waals surface area contributed by atoms with Crippen LogP contribution in [0, 0.1) is 11.6 Å². The molecular weight excluding hydrogens is 610 g/mol. The number of fused-ring (bicyclic) bond motifs is 5. The van der Waals surface area contributed by atoms with Crippen LogP contribution in [0.4, 0.5) is 26.0 Å². The van der Waals surface area contributed by atoms with E-state index in [4.69, 9.17) is 0 Å². The van der Waals surface area contributed by atoms with Gasteiger partial charge >= 0.3 is 0 Å². The molecular formula is C33H34F2N8O4. The van der Waals surface area contributed by atoms with Crippen molar-refractivity contribution in [1.82, 2.24) is 24.4 Å². The Morgan fingerprint density at radius 1 is 1.11 bits per heavy atom. The van der Waals surface area contributed by atoms with E-state index in [1.165, 1.54) is 46.0 Å². The topological polar surface area (TPSA) is 128 Å². The average molecular weight is 645 g/mol. The quantitative estimate of drug-likeness (QED) is 0.324. The van der Waals surface area contributed by atoms with Crippen molar-refractivity contribution < 1.29 is 23.5 Å². The molecule has 2 aliphatic heterocycles. The van der Waals surface area contributed by atoms with Crippen LogP contribution in [0.2, 0.25) is 0 Å². The third kappa shape index (κ3) is 4.77. The highest BCUT2D eigenvalue weighted by molar-refractivity contribution is 6.12. The number of hydrogen-bond acceptors (Lipinski definition) is 9. The summed E-state index contributed by atoms with van der Waals surface area (Å²) in [6.45, 7) is 9.30. The minimum Gasteiger partial charge on any atom is -0.507 e. The maximum atomic E-state index is 16.2. The first-order valence-electron chi connectivity index (χ1n) is 15.0. The predicted molar refractivity (Wildman–Crippen MR) is 174 cm³/mol. The number of halogens is 2. The van der Waals surface area contributed by atoms with Gasteiger partial charge in [-0.25, -0.2) is 23.7 Å². The van der Waals surface area contributed by atoms with Crippen molar-refractivity contribution in [3.05, 3.63) is 70.9 Å². The lowest BCUT2D eigenvalue weighted by Crippen LogP contribution is -2.66. The molecule has 3 aromatic heterocycles. The number of likely N-dealkylation sites (N-methyl/N-ethyl adjacent to an activating group) is 1. The van der Waals surface area contributed by atoms with Crippen LogP contribution in [0.15, 0.2) is 48.0 Å². The molecule has 0 spiro atoms. The second-order valence-corrected chi connectivity index (χ2v) is 12.3. The summed E-state index contributed by atoms with van der Waals surface area (Å²) in [5.41, 5.74) is -0.765. The van der Waals surface area contributed by atoms with Crippen LogP contribution in [0.3, 0.4) is 0 Å². The normalized spacial score (nSPS) is 17.6. The molecule has 4 aromatic rings. The maximum absolute atomic E-state index is 16.2. The molecule has 6 rings (SSSR count). The Morgan fingerprint density at radius 3 is 2.47 bits per heavy atom. The van der Waals surface area contributed by atoms with Gasteiger partial charge in [0, 0.05) is 39.1 Å². The van der Waals surface area contributed by atoms with E-state index in [1.807, 2.05) is 13.8 Å². The average Bonchev–Trinajstić information content (AvgIpc) is 3.02. The van der Waals surface area contributed by atoms with Gasteiger partial charge in [-0.2, -0.15) is 0 Å².